The molecule has 0 saturated carbocycles. The van der Waals surface area contributed by atoms with Crippen molar-refractivity contribution in [3.05, 3.63) is 29.8 Å². The number of nitrogens with zero attached hydrogens (tertiary/aromatic N) is 1. The van der Waals surface area contributed by atoms with Crippen molar-refractivity contribution in [2.24, 2.45) is 0 Å². The van der Waals surface area contributed by atoms with Gasteiger partial charge in [0.15, 0.2) is 0 Å². The number of rotatable bonds is 10. The molecule has 1 fully saturated rings. The van der Waals surface area contributed by atoms with Gasteiger partial charge >= 0.3 is 0 Å². The zero-order chi connectivity index (χ0) is 22.3. The smallest absolute Gasteiger partial charge is 0.294 e. The van der Waals surface area contributed by atoms with E-state index in [1.54, 1.807) is 12.1 Å². The first-order valence-corrected chi connectivity index (χ1v) is 13.4. The van der Waals surface area contributed by atoms with E-state index < -0.39 is 10.1 Å². The molecule has 5 nitrogen and oxygen atoms in total. The van der Waals surface area contributed by atoms with Gasteiger partial charge in [0.2, 0.25) is 0 Å². The summed E-state index contributed by atoms with van der Waals surface area (Å²) >= 11 is 2.16. The van der Waals surface area contributed by atoms with Crippen LogP contribution in [0, 0.1) is 16.8 Å². The SMILES string of the molecule is Cc1ccc(S(=O)(=O)O)cc1.OCCCCCCCC[N+]1(CC#CI)CCCCC1. The van der Waals surface area contributed by atoms with Crippen molar-refractivity contribution in [3.8, 4) is 9.85 Å². The normalized spacial score (nSPS) is 15.5. The molecule has 1 aliphatic rings. The first-order chi connectivity index (χ1) is 14.3. The highest BCUT2D eigenvalue weighted by atomic mass is 127. The van der Waals surface area contributed by atoms with Crippen LogP contribution in [0.15, 0.2) is 29.2 Å². The van der Waals surface area contributed by atoms with Gasteiger partial charge in [-0.3, -0.25) is 4.55 Å². The van der Waals surface area contributed by atoms with E-state index in [-0.39, 0.29) is 4.90 Å². The Morgan fingerprint density at radius 3 is 2.07 bits per heavy atom. The lowest BCUT2D eigenvalue weighted by atomic mass is 10.1. The minimum absolute atomic E-state index is 0.0666. The lowest BCUT2D eigenvalue weighted by Crippen LogP contribution is -2.52. The number of halogens is 1. The zero-order valence-electron chi connectivity index (χ0n) is 18.2. The van der Waals surface area contributed by atoms with Crippen LogP contribution in [0.3, 0.4) is 0 Å². The second kappa shape index (κ2) is 15.2. The third-order valence-electron chi connectivity index (χ3n) is 5.61. The van der Waals surface area contributed by atoms with Gasteiger partial charge in [0, 0.05) is 29.2 Å². The molecule has 2 N–H and O–H groups in total. The number of likely N-dealkylation sites (tertiary alicyclic amines) is 1. The Morgan fingerprint density at radius 1 is 0.967 bits per heavy atom. The highest BCUT2D eigenvalue weighted by molar-refractivity contribution is 14.1. The van der Waals surface area contributed by atoms with Crippen molar-refractivity contribution in [1.29, 1.82) is 0 Å². The molecule has 0 aliphatic carbocycles. The molecular formula is C23H37INO4S+. The summed E-state index contributed by atoms with van der Waals surface area (Å²) in [6, 6.07) is 5.99. The average Bonchev–Trinajstić information content (AvgIpc) is 2.72. The molecule has 7 heteroatoms. The number of benzene rings is 1. The molecule has 1 aliphatic heterocycles. The number of aliphatic hydroxyl groups excluding tert-OH is 1. The van der Waals surface area contributed by atoms with E-state index in [1.807, 2.05) is 6.92 Å². The molecule has 1 saturated heterocycles. The van der Waals surface area contributed by atoms with E-state index in [2.05, 4.69) is 32.4 Å². The molecule has 0 amide bonds. The van der Waals surface area contributed by atoms with Crippen LogP contribution >= 0.6 is 22.6 Å². The van der Waals surface area contributed by atoms with Gasteiger partial charge in [-0.25, -0.2) is 0 Å². The first kappa shape index (κ1) is 27.4. The van der Waals surface area contributed by atoms with Crippen molar-refractivity contribution in [2.45, 2.75) is 69.6 Å². The molecule has 0 radical (unpaired) electrons. The van der Waals surface area contributed by atoms with E-state index >= 15 is 0 Å². The second-order valence-electron chi connectivity index (χ2n) is 8.14. The lowest BCUT2D eigenvalue weighted by molar-refractivity contribution is -0.926. The van der Waals surface area contributed by atoms with Crippen molar-refractivity contribution >= 4 is 32.7 Å². The van der Waals surface area contributed by atoms with Crippen LogP contribution in [-0.4, -0.2) is 55.3 Å². The maximum absolute atomic E-state index is 10.5. The van der Waals surface area contributed by atoms with Gasteiger partial charge in [-0.05, 0) is 67.4 Å². The second-order valence-corrected chi connectivity index (χ2v) is 10.1. The van der Waals surface area contributed by atoms with Crippen LogP contribution in [0.5, 0.6) is 0 Å². The van der Waals surface area contributed by atoms with Crippen LogP contribution in [0.1, 0.15) is 63.4 Å². The summed E-state index contributed by atoms with van der Waals surface area (Å²) in [5.74, 6) is 3.31. The first-order valence-electron chi connectivity index (χ1n) is 10.9. The Labute approximate surface area is 196 Å². The minimum atomic E-state index is -4.02. The topological polar surface area (TPSA) is 74.6 Å². The molecule has 0 unspecified atom stereocenters. The third-order valence-corrected chi connectivity index (χ3v) is 6.85. The van der Waals surface area contributed by atoms with Crippen LogP contribution in [0.2, 0.25) is 0 Å². The predicted octanol–water partition coefficient (Wildman–Crippen LogP) is 4.96. The number of hydrogen-bond donors (Lipinski definition) is 2. The standard InChI is InChI=1S/C16H29INO.C7H8O3S/c17-11-10-15-18(13-7-5-8-14-18)12-6-3-1-2-4-9-16-19;1-6-2-4-7(5-3-6)11(8,9)10/h19H,1-9,12-16H2;2-5H,1H3,(H,8,9,10)/q+1;. The third kappa shape index (κ3) is 11.7. The van der Waals surface area contributed by atoms with Gasteiger partial charge in [-0.1, -0.05) is 37.0 Å². The van der Waals surface area contributed by atoms with Gasteiger partial charge in [-0.15, -0.1) is 0 Å². The van der Waals surface area contributed by atoms with Gasteiger partial charge < -0.3 is 9.59 Å². The number of quaternary nitrogens is 1. The Kier molecular flexibility index (Phi) is 13.9. The molecule has 2 rings (SSSR count). The fourth-order valence-corrected chi connectivity index (χ4v) is 4.47. The maximum atomic E-state index is 10.5. The van der Waals surface area contributed by atoms with Crippen LogP contribution in [-0.2, 0) is 10.1 Å². The number of aryl methyl sites for hydroxylation is 1. The Balaban J connectivity index is 0.000000346. The largest absolute Gasteiger partial charge is 0.396 e. The van der Waals surface area contributed by atoms with Crippen molar-refractivity contribution in [1.82, 2.24) is 0 Å². The molecule has 1 heterocycles. The predicted molar refractivity (Wildman–Crippen MR) is 131 cm³/mol. The highest BCUT2D eigenvalue weighted by Crippen LogP contribution is 2.20. The van der Waals surface area contributed by atoms with E-state index in [9.17, 15) is 8.42 Å². The van der Waals surface area contributed by atoms with Crippen LogP contribution < -0.4 is 0 Å². The molecule has 30 heavy (non-hydrogen) atoms. The van der Waals surface area contributed by atoms with Gasteiger partial charge in [-0.2, -0.15) is 8.42 Å². The van der Waals surface area contributed by atoms with E-state index in [1.165, 1.54) is 87.6 Å². The van der Waals surface area contributed by atoms with E-state index in [0.717, 1.165) is 18.5 Å². The Bertz CT molecular complexity index is 748. The molecule has 0 aromatic heterocycles. The van der Waals surface area contributed by atoms with Crippen LogP contribution in [0.4, 0.5) is 0 Å². The van der Waals surface area contributed by atoms with Gasteiger partial charge in [0.1, 0.15) is 6.54 Å². The van der Waals surface area contributed by atoms with Crippen molar-refractivity contribution in [2.75, 3.05) is 32.8 Å². The van der Waals surface area contributed by atoms with Crippen molar-refractivity contribution in [3.63, 3.8) is 0 Å². The van der Waals surface area contributed by atoms with Crippen molar-refractivity contribution < 1.29 is 22.6 Å². The fourth-order valence-electron chi connectivity index (χ4n) is 3.82. The molecule has 170 valence electrons. The Hall–Kier alpha value is -0.660. The van der Waals surface area contributed by atoms with Gasteiger partial charge in [0.25, 0.3) is 10.1 Å². The molecule has 1 aromatic rings. The van der Waals surface area contributed by atoms with Crippen LogP contribution in [0.25, 0.3) is 0 Å². The Morgan fingerprint density at radius 2 is 1.53 bits per heavy atom. The number of aliphatic hydroxyl groups is 1. The monoisotopic (exact) mass is 550 g/mol. The summed E-state index contributed by atoms with van der Waals surface area (Å²) in [4.78, 5) is -0.0666. The lowest BCUT2D eigenvalue weighted by Gasteiger charge is -2.40. The van der Waals surface area contributed by atoms with Gasteiger partial charge in [0.05, 0.1) is 24.5 Å². The molecular weight excluding hydrogens is 513 g/mol. The quantitative estimate of drug-likeness (QED) is 0.142. The summed E-state index contributed by atoms with van der Waals surface area (Å²) in [5, 5.41) is 8.74. The summed E-state index contributed by atoms with van der Waals surface area (Å²) in [5.41, 5.74) is 0.956. The molecule has 1 aromatic carbocycles. The summed E-state index contributed by atoms with van der Waals surface area (Å²) < 4.78 is 33.9. The number of hydrogen-bond acceptors (Lipinski definition) is 3. The molecule has 0 atom stereocenters. The minimum Gasteiger partial charge on any atom is -0.396 e. The maximum Gasteiger partial charge on any atom is 0.294 e. The highest BCUT2D eigenvalue weighted by Gasteiger charge is 2.28. The summed E-state index contributed by atoms with van der Waals surface area (Å²) in [6.45, 7) is 7.27. The zero-order valence-corrected chi connectivity index (χ0v) is 21.1. The number of unbranched alkanes of at least 4 members (excludes halogenated alkanes) is 5. The van der Waals surface area contributed by atoms with E-state index in [4.69, 9.17) is 9.66 Å². The summed E-state index contributed by atoms with van der Waals surface area (Å²) in [6.07, 6.45) is 11.7. The average molecular weight is 551 g/mol. The summed E-state index contributed by atoms with van der Waals surface area (Å²) in [7, 11) is -4.02. The van der Waals surface area contributed by atoms with E-state index in [0.29, 0.717) is 6.61 Å². The molecule has 0 spiro atoms. The molecule has 0 bridgehead atoms. The number of piperidine rings is 1. The fraction of sp³-hybridized carbons (Fsp3) is 0.652.